The van der Waals surface area contributed by atoms with Crippen LogP contribution >= 0.6 is 34.8 Å². The van der Waals surface area contributed by atoms with Crippen LogP contribution in [-0.2, 0) is 9.84 Å². The summed E-state index contributed by atoms with van der Waals surface area (Å²) in [6, 6.07) is 2.70. The van der Waals surface area contributed by atoms with E-state index in [9.17, 15) is 13.2 Å². The van der Waals surface area contributed by atoms with Gasteiger partial charge in [0.25, 0.3) is 0 Å². The van der Waals surface area contributed by atoms with Gasteiger partial charge in [-0.15, -0.1) is 0 Å². The lowest BCUT2D eigenvalue weighted by molar-refractivity contribution is 0.0954. The summed E-state index contributed by atoms with van der Waals surface area (Å²) in [6.45, 7) is 2.62. The summed E-state index contributed by atoms with van der Waals surface area (Å²) in [5.41, 5.74) is -0.0295. The van der Waals surface area contributed by atoms with Gasteiger partial charge in [-0.2, -0.15) is 0 Å². The second-order valence-electron chi connectivity index (χ2n) is 4.36. The Balaban J connectivity index is 3.47. The maximum Gasteiger partial charge on any atom is 0.186 e. The molecule has 0 aromatic heterocycles. The molecule has 0 aliphatic rings. The maximum absolute atomic E-state index is 12.3. The Labute approximate surface area is 121 Å². The van der Waals surface area contributed by atoms with E-state index in [0.717, 1.165) is 6.26 Å². The monoisotopic (exact) mass is 328 g/mol. The topological polar surface area (TPSA) is 51.2 Å². The molecule has 0 aliphatic heterocycles. The molecule has 0 aliphatic carbocycles. The van der Waals surface area contributed by atoms with Gasteiger partial charge >= 0.3 is 0 Å². The number of benzene rings is 1. The van der Waals surface area contributed by atoms with Crippen LogP contribution in [0.1, 0.15) is 24.2 Å². The number of Topliss-reactive ketones (excluding diaryl/α,β-unsaturated/α-hetero) is 1. The summed E-state index contributed by atoms with van der Waals surface area (Å²) >= 11 is 17.5. The van der Waals surface area contributed by atoms with Crippen LogP contribution in [0.25, 0.3) is 0 Å². The van der Waals surface area contributed by atoms with Gasteiger partial charge in [0.1, 0.15) is 4.75 Å². The van der Waals surface area contributed by atoms with E-state index < -0.39 is 20.4 Å². The number of rotatable bonds is 3. The fourth-order valence-electron chi connectivity index (χ4n) is 1.23. The van der Waals surface area contributed by atoms with Gasteiger partial charge < -0.3 is 0 Å². The highest BCUT2D eigenvalue weighted by Crippen LogP contribution is 2.33. The zero-order chi connectivity index (χ0) is 14.3. The first-order valence-electron chi connectivity index (χ1n) is 4.87. The molecule has 0 saturated carbocycles. The van der Waals surface area contributed by atoms with Crippen LogP contribution in [0.4, 0.5) is 0 Å². The quantitative estimate of drug-likeness (QED) is 0.795. The minimum atomic E-state index is -3.59. The summed E-state index contributed by atoms with van der Waals surface area (Å²) in [4.78, 5) is 12.3. The highest BCUT2D eigenvalue weighted by Gasteiger charge is 2.40. The van der Waals surface area contributed by atoms with Gasteiger partial charge in [0.2, 0.25) is 0 Å². The number of ketones is 1. The highest BCUT2D eigenvalue weighted by atomic mass is 35.5. The highest BCUT2D eigenvalue weighted by molar-refractivity contribution is 7.92. The average molecular weight is 330 g/mol. The molecule has 100 valence electrons. The van der Waals surface area contributed by atoms with Crippen molar-refractivity contribution in [3.8, 4) is 0 Å². The van der Waals surface area contributed by atoms with E-state index in [0.29, 0.717) is 0 Å². The molecule has 0 unspecified atom stereocenters. The van der Waals surface area contributed by atoms with E-state index in [-0.39, 0.29) is 20.6 Å². The van der Waals surface area contributed by atoms with Crippen LogP contribution < -0.4 is 0 Å². The van der Waals surface area contributed by atoms with Gasteiger partial charge in [0, 0.05) is 11.3 Å². The lowest BCUT2D eigenvalue weighted by Crippen LogP contribution is -2.40. The minimum absolute atomic E-state index is 0.0295. The van der Waals surface area contributed by atoms with E-state index >= 15 is 0 Å². The molecule has 0 radical (unpaired) electrons. The third-order valence-electron chi connectivity index (χ3n) is 2.71. The van der Waals surface area contributed by atoms with Gasteiger partial charge in [0.15, 0.2) is 15.6 Å². The van der Waals surface area contributed by atoms with Crippen molar-refractivity contribution in [2.24, 2.45) is 0 Å². The number of hydrogen-bond donors (Lipinski definition) is 0. The number of halogens is 3. The molecular formula is C11H11Cl3O3S. The third kappa shape index (κ3) is 2.82. The molecule has 1 rings (SSSR count). The van der Waals surface area contributed by atoms with Gasteiger partial charge in [-0.1, -0.05) is 34.8 Å². The smallest absolute Gasteiger partial charge is 0.186 e. The SMILES string of the molecule is CC(C)(C(=O)c1c(Cl)cc(Cl)cc1Cl)S(C)(=O)=O. The lowest BCUT2D eigenvalue weighted by Gasteiger charge is -2.22. The van der Waals surface area contributed by atoms with Crippen LogP contribution in [0.5, 0.6) is 0 Å². The molecule has 0 spiro atoms. The molecule has 0 heterocycles. The van der Waals surface area contributed by atoms with Crippen molar-refractivity contribution in [1.82, 2.24) is 0 Å². The molecule has 1 aromatic carbocycles. The fraction of sp³-hybridized carbons (Fsp3) is 0.364. The van der Waals surface area contributed by atoms with Crippen LogP contribution in [0.15, 0.2) is 12.1 Å². The second kappa shape index (κ2) is 5.00. The van der Waals surface area contributed by atoms with Crippen LogP contribution in [-0.4, -0.2) is 25.2 Å². The molecule has 1 aromatic rings. The molecule has 0 bridgehead atoms. The second-order valence-corrected chi connectivity index (χ2v) is 8.17. The Morgan fingerprint density at radius 1 is 1.11 bits per heavy atom. The van der Waals surface area contributed by atoms with Crippen molar-refractivity contribution >= 4 is 50.4 Å². The van der Waals surface area contributed by atoms with Gasteiger partial charge in [0.05, 0.1) is 15.6 Å². The Kier molecular flexibility index (Phi) is 4.38. The molecule has 0 fully saturated rings. The molecule has 0 saturated heterocycles. The molecule has 0 amide bonds. The summed E-state index contributed by atoms with van der Waals surface area (Å²) in [7, 11) is -3.59. The number of sulfone groups is 1. The molecule has 3 nitrogen and oxygen atoms in total. The number of hydrogen-bond acceptors (Lipinski definition) is 3. The zero-order valence-electron chi connectivity index (χ0n) is 9.92. The van der Waals surface area contributed by atoms with E-state index in [4.69, 9.17) is 34.8 Å². The van der Waals surface area contributed by atoms with E-state index in [1.54, 1.807) is 0 Å². The fourth-order valence-corrected chi connectivity index (χ4v) is 2.66. The van der Waals surface area contributed by atoms with Crippen molar-refractivity contribution in [3.05, 3.63) is 32.8 Å². The normalized spacial score (nSPS) is 12.6. The first-order valence-corrected chi connectivity index (χ1v) is 7.90. The predicted octanol–water partition coefficient (Wildman–Crippen LogP) is 3.65. The summed E-state index contributed by atoms with van der Waals surface area (Å²) < 4.78 is 21.6. The van der Waals surface area contributed by atoms with Gasteiger partial charge in [-0.05, 0) is 26.0 Å². The van der Waals surface area contributed by atoms with Crippen molar-refractivity contribution in [2.45, 2.75) is 18.6 Å². The molecular weight excluding hydrogens is 319 g/mol. The first kappa shape index (κ1) is 15.8. The molecule has 7 heteroatoms. The lowest BCUT2D eigenvalue weighted by atomic mass is 10.00. The van der Waals surface area contributed by atoms with Crippen molar-refractivity contribution < 1.29 is 13.2 Å². The first-order chi connectivity index (χ1) is 7.98. The molecule has 0 N–H and O–H groups in total. The Morgan fingerprint density at radius 2 is 1.50 bits per heavy atom. The predicted molar refractivity (Wildman–Crippen MR) is 74.7 cm³/mol. The van der Waals surface area contributed by atoms with E-state index in [1.807, 2.05) is 0 Å². The Hall–Kier alpha value is -0.290. The van der Waals surface area contributed by atoms with Crippen molar-refractivity contribution in [3.63, 3.8) is 0 Å². The van der Waals surface area contributed by atoms with Crippen LogP contribution in [0.2, 0.25) is 15.1 Å². The minimum Gasteiger partial charge on any atom is -0.292 e. The van der Waals surface area contributed by atoms with Gasteiger partial charge in [-0.3, -0.25) is 4.79 Å². The van der Waals surface area contributed by atoms with Crippen molar-refractivity contribution in [2.75, 3.05) is 6.26 Å². The standard InChI is InChI=1S/C11H11Cl3O3S/c1-11(2,18(3,16)17)10(15)9-7(13)4-6(12)5-8(9)14/h4-5H,1-3H3. The summed E-state index contributed by atoms with van der Waals surface area (Å²) in [5, 5.41) is 0.349. The average Bonchev–Trinajstić information content (AvgIpc) is 2.13. The van der Waals surface area contributed by atoms with Crippen LogP contribution in [0, 0.1) is 0 Å². The van der Waals surface area contributed by atoms with Gasteiger partial charge in [-0.25, -0.2) is 8.42 Å². The number of carbonyl (C=O) groups excluding carboxylic acids is 1. The summed E-state index contributed by atoms with van der Waals surface area (Å²) in [5.74, 6) is -0.656. The Bertz CT molecular complexity index is 583. The largest absolute Gasteiger partial charge is 0.292 e. The third-order valence-corrected chi connectivity index (χ3v) is 5.56. The van der Waals surface area contributed by atoms with Crippen molar-refractivity contribution in [1.29, 1.82) is 0 Å². The zero-order valence-corrected chi connectivity index (χ0v) is 13.0. The van der Waals surface area contributed by atoms with Crippen LogP contribution in [0.3, 0.4) is 0 Å². The number of carbonyl (C=O) groups is 1. The van der Waals surface area contributed by atoms with E-state index in [1.165, 1.54) is 26.0 Å². The van der Waals surface area contributed by atoms with E-state index in [2.05, 4.69) is 0 Å². The summed E-state index contributed by atoms with van der Waals surface area (Å²) in [6.07, 6.45) is 0.989. The Morgan fingerprint density at radius 3 is 1.83 bits per heavy atom. The maximum atomic E-state index is 12.3. The molecule has 0 atom stereocenters. The molecule has 18 heavy (non-hydrogen) atoms.